The van der Waals surface area contributed by atoms with Crippen molar-refractivity contribution in [3.05, 3.63) is 48.2 Å². The summed E-state index contributed by atoms with van der Waals surface area (Å²) in [6.07, 6.45) is 4.16. The van der Waals surface area contributed by atoms with Crippen molar-refractivity contribution in [1.82, 2.24) is 24.6 Å². The molecule has 1 N–H and O–H groups in total. The third-order valence-corrected chi connectivity index (χ3v) is 5.71. The first-order valence-electron chi connectivity index (χ1n) is 10.1. The van der Waals surface area contributed by atoms with Crippen molar-refractivity contribution in [3.8, 4) is 11.1 Å². The highest BCUT2D eigenvalue weighted by Gasteiger charge is 2.07. The predicted octanol–water partition coefficient (Wildman–Crippen LogP) is 4.86. The van der Waals surface area contributed by atoms with E-state index in [2.05, 4.69) is 38.4 Å². The van der Waals surface area contributed by atoms with E-state index in [1.165, 1.54) is 24.4 Å². The molecule has 0 spiro atoms. The molecule has 0 aliphatic carbocycles. The Kier molecular flexibility index (Phi) is 7.91. The van der Waals surface area contributed by atoms with E-state index in [0.29, 0.717) is 10.9 Å². The zero-order valence-electron chi connectivity index (χ0n) is 17.3. The zero-order chi connectivity index (χ0) is 20.6. The summed E-state index contributed by atoms with van der Waals surface area (Å²) in [6.45, 7) is 10.5. The van der Waals surface area contributed by atoms with E-state index < -0.39 is 5.95 Å². The molecule has 0 aliphatic heterocycles. The molecule has 154 valence electrons. The number of unbranched alkanes of at least 4 members (excludes halogenated alkanes) is 1. The van der Waals surface area contributed by atoms with Gasteiger partial charge in [0.05, 0.1) is 5.52 Å². The summed E-state index contributed by atoms with van der Waals surface area (Å²) in [7, 11) is 0. The van der Waals surface area contributed by atoms with Crippen LogP contribution < -0.4 is 4.72 Å². The molecule has 0 saturated carbocycles. The number of hydrogen-bond donors (Lipinski definition) is 1. The van der Waals surface area contributed by atoms with Crippen LogP contribution in [0.15, 0.2) is 41.7 Å². The van der Waals surface area contributed by atoms with Crippen molar-refractivity contribution >= 4 is 22.9 Å². The standard InChI is InChI=1S/C22H28FN5S/c1-4-28(5-2)13-7-6-12-25-29-22-24-15-18-14-17(8-10-20(18)27-22)19-9-11-21(23)26-16(19)3/h8-11,14-15,25H,4-7,12-13H2,1-3H3. The van der Waals surface area contributed by atoms with Crippen LogP contribution in [-0.4, -0.2) is 46.0 Å². The van der Waals surface area contributed by atoms with Crippen LogP contribution in [0.4, 0.5) is 4.39 Å². The number of halogens is 1. The van der Waals surface area contributed by atoms with E-state index in [-0.39, 0.29) is 0 Å². The fourth-order valence-electron chi connectivity index (χ4n) is 3.26. The number of nitrogens with zero attached hydrogens (tertiary/aromatic N) is 4. The second kappa shape index (κ2) is 10.6. The van der Waals surface area contributed by atoms with Crippen molar-refractivity contribution in [2.24, 2.45) is 0 Å². The molecule has 0 fully saturated rings. The maximum atomic E-state index is 13.3. The Morgan fingerprint density at radius 1 is 1.07 bits per heavy atom. The summed E-state index contributed by atoms with van der Waals surface area (Å²) < 4.78 is 16.6. The number of benzene rings is 1. The Balaban J connectivity index is 1.57. The molecule has 0 aliphatic rings. The van der Waals surface area contributed by atoms with Gasteiger partial charge in [0.25, 0.3) is 0 Å². The summed E-state index contributed by atoms with van der Waals surface area (Å²) in [5, 5.41) is 1.67. The lowest BCUT2D eigenvalue weighted by molar-refractivity contribution is 0.297. The predicted molar refractivity (Wildman–Crippen MR) is 118 cm³/mol. The van der Waals surface area contributed by atoms with Crippen molar-refractivity contribution in [3.63, 3.8) is 0 Å². The summed E-state index contributed by atoms with van der Waals surface area (Å²) in [5.74, 6) is -0.461. The van der Waals surface area contributed by atoms with Crippen LogP contribution in [0.3, 0.4) is 0 Å². The molecule has 0 amide bonds. The molecular formula is C22H28FN5S. The molecule has 7 heteroatoms. The lowest BCUT2D eigenvalue weighted by Crippen LogP contribution is -2.24. The third-order valence-electron chi connectivity index (χ3n) is 4.98. The van der Waals surface area contributed by atoms with Gasteiger partial charge in [-0.25, -0.2) is 15.0 Å². The van der Waals surface area contributed by atoms with E-state index in [1.807, 2.05) is 31.3 Å². The van der Waals surface area contributed by atoms with Crippen molar-refractivity contribution < 1.29 is 4.39 Å². The van der Waals surface area contributed by atoms with E-state index in [4.69, 9.17) is 0 Å². The van der Waals surface area contributed by atoms with Crippen molar-refractivity contribution in [1.29, 1.82) is 0 Å². The van der Waals surface area contributed by atoms with Gasteiger partial charge >= 0.3 is 0 Å². The first-order chi connectivity index (χ1) is 14.1. The van der Waals surface area contributed by atoms with Crippen LogP contribution in [0.25, 0.3) is 22.0 Å². The van der Waals surface area contributed by atoms with Gasteiger partial charge in [-0.2, -0.15) is 4.39 Å². The summed E-state index contributed by atoms with van der Waals surface area (Å²) in [5.41, 5.74) is 3.46. The van der Waals surface area contributed by atoms with Crippen LogP contribution in [0.1, 0.15) is 32.4 Å². The minimum atomic E-state index is -0.461. The molecule has 2 heterocycles. The molecule has 0 atom stereocenters. The second-order valence-electron chi connectivity index (χ2n) is 6.92. The average Bonchev–Trinajstić information content (AvgIpc) is 2.73. The first-order valence-corrected chi connectivity index (χ1v) is 10.9. The van der Waals surface area contributed by atoms with Crippen LogP contribution >= 0.6 is 11.9 Å². The summed E-state index contributed by atoms with van der Waals surface area (Å²) in [4.78, 5) is 15.4. The monoisotopic (exact) mass is 413 g/mol. The summed E-state index contributed by atoms with van der Waals surface area (Å²) in [6, 6.07) is 9.13. The van der Waals surface area contributed by atoms with Gasteiger partial charge in [0, 0.05) is 29.4 Å². The van der Waals surface area contributed by atoms with Gasteiger partial charge in [0.2, 0.25) is 11.1 Å². The number of hydrogen-bond acceptors (Lipinski definition) is 6. The van der Waals surface area contributed by atoms with Crippen molar-refractivity contribution in [2.75, 3.05) is 26.2 Å². The number of aromatic nitrogens is 3. The Hall–Kier alpha value is -2.09. The normalized spacial score (nSPS) is 11.5. The van der Waals surface area contributed by atoms with Crippen LogP contribution in [0, 0.1) is 12.9 Å². The van der Waals surface area contributed by atoms with Gasteiger partial charge < -0.3 is 4.90 Å². The van der Waals surface area contributed by atoms with E-state index in [9.17, 15) is 4.39 Å². The van der Waals surface area contributed by atoms with Crippen LogP contribution in [0.5, 0.6) is 0 Å². The van der Waals surface area contributed by atoms with Gasteiger partial charge in [-0.1, -0.05) is 19.9 Å². The van der Waals surface area contributed by atoms with Gasteiger partial charge in [0.15, 0.2) is 0 Å². The average molecular weight is 414 g/mol. The number of rotatable bonds is 10. The van der Waals surface area contributed by atoms with Gasteiger partial charge in [-0.05, 0) is 81.2 Å². The Labute approximate surface area is 176 Å². The van der Waals surface area contributed by atoms with Crippen LogP contribution in [0.2, 0.25) is 0 Å². The molecular weight excluding hydrogens is 385 g/mol. The molecule has 3 aromatic rings. The lowest BCUT2D eigenvalue weighted by atomic mass is 10.0. The number of aryl methyl sites for hydroxylation is 1. The van der Waals surface area contributed by atoms with E-state index in [0.717, 1.165) is 54.6 Å². The molecule has 0 radical (unpaired) electrons. The number of pyridine rings is 1. The maximum Gasteiger partial charge on any atom is 0.213 e. The molecule has 1 aromatic carbocycles. The van der Waals surface area contributed by atoms with Crippen LogP contribution in [-0.2, 0) is 0 Å². The Bertz CT molecular complexity index is 946. The molecule has 0 unspecified atom stereocenters. The fourth-order valence-corrected chi connectivity index (χ4v) is 3.88. The smallest absolute Gasteiger partial charge is 0.213 e. The van der Waals surface area contributed by atoms with E-state index >= 15 is 0 Å². The third kappa shape index (κ3) is 5.95. The highest BCUT2D eigenvalue weighted by molar-refractivity contribution is 7.97. The molecule has 5 nitrogen and oxygen atoms in total. The molecule has 3 rings (SSSR count). The quantitative estimate of drug-likeness (QED) is 0.222. The van der Waals surface area contributed by atoms with E-state index in [1.54, 1.807) is 6.07 Å². The van der Waals surface area contributed by atoms with Gasteiger partial charge in [-0.15, -0.1) is 0 Å². The Morgan fingerprint density at radius 3 is 2.66 bits per heavy atom. The SMILES string of the molecule is CCN(CC)CCCCNSc1ncc2cc(-c3ccc(F)nc3C)ccc2n1. The lowest BCUT2D eigenvalue weighted by Gasteiger charge is -2.17. The number of fused-ring (bicyclic) bond motifs is 1. The minimum absolute atomic E-state index is 0.461. The molecule has 29 heavy (non-hydrogen) atoms. The number of nitrogens with one attached hydrogen (secondary N) is 1. The Morgan fingerprint density at radius 2 is 1.90 bits per heavy atom. The highest BCUT2D eigenvalue weighted by atomic mass is 32.2. The first kappa shape index (κ1) is 21.6. The topological polar surface area (TPSA) is 53.9 Å². The molecule has 0 saturated heterocycles. The fraction of sp³-hybridized carbons (Fsp3) is 0.409. The minimum Gasteiger partial charge on any atom is -0.304 e. The van der Waals surface area contributed by atoms with Gasteiger partial charge in [-0.3, -0.25) is 4.72 Å². The molecule has 2 aromatic heterocycles. The summed E-state index contributed by atoms with van der Waals surface area (Å²) >= 11 is 1.47. The second-order valence-corrected chi connectivity index (χ2v) is 7.78. The largest absolute Gasteiger partial charge is 0.304 e. The zero-order valence-corrected chi connectivity index (χ0v) is 18.1. The highest BCUT2D eigenvalue weighted by Crippen LogP contribution is 2.26. The maximum absolute atomic E-state index is 13.3. The van der Waals surface area contributed by atoms with Gasteiger partial charge in [0.1, 0.15) is 0 Å². The molecule has 0 bridgehead atoms. The van der Waals surface area contributed by atoms with Crippen molar-refractivity contribution in [2.45, 2.75) is 38.8 Å².